The number of benzene rings is 2. The Balaban J connectivity index is 2.23. The smallest absolute Gasteiger partial charge is 0.427 e. The van der Waals surface area contributed by atoms with E-state index in [0.29, 0.717) is 23.2 Å². The lowest BCUT2D eigenvalue weighted by Gasteiger charge is -2.32. The fourth-order valence-electron chi connectivity index (χ4n) is 4.46. The zero-order valence-electron chi connectivity index (χ0n) is 21.4. The average molecular weight is 494 g/mol. The molecule has 0 aliphatic heterocycles. The monoisotopic (exact) mass is 493 g/mol. The van der Waals surface area contributed by atoms with E-state index in [9.17, 15) is 14.7 Å². The molecular weight excluding hydrogens is 458 g/mol. The molecule has 0 aliphatic carbocycles. The van der Waals surface area contributed by atoms with E-state index in [-0.39, 0.29) is 17.2 Å². The van der Waals surface area contributed by atoms with Gasteiger partial charge >= 0.3 is 11.7 Å². The molecule has 8 heteroatoms. The first-order chi connectivity index (χ1) is 17.4. The summed E-state index contributed by atoms with van der Waals surface area (Å²) < 4.78 is 10.3. The predicted octanol–water partition coefficient (Wildman–Crippen LogP) is 5.10. The summed E-state index contributed by atoms with van der Waals surface area (Å²) in [5.41, 5.74) is 3.73. The number of nitrogens with one attached hydrogen (secondary N) is 1. The van der Waals surface area contributed by atoms with Gasteiger partial charge in [0.15, 0.2) is 0 Å². The molecular formula is C28H35N3O5. The lowest BCUT2D eigenvalue weighted by Crippen LogP contribution is -2.38. The maximum Gasteiger partial charge on any atom is 0.427 e. The molecule has 0 aliphatic rings. The van der Waals surface area contributed by atoms with Gasteiger partial charge in [-0.3, -0.25) is 0 Å². The van der Waals surface area contributed by atoms with Crippen molar-refractivity contribution in [2.75, 3.05) is 26.7 Å². The number of amides is 1. The van der Waals surface area contributed by atoms with Crippen LogP contribution in [0.4, 0.5) is 4.79 Å². The number of ether oxygens (including phenoxy) is 1. The first-order valence-corrected chi connectivity index (χ1v) is 12.3. The highest BCUT2D eigenvalue weighted by molar-refractivity contribution is 5.88. The zero-order valence-corrected chi connectivity index (χ0v) is 21.4. The Morgan fingerprint density at radius 2 is 1.83 bits per heavy atom. The van der Waals surface area contributed by atoms with E-state index in [0.717, 1.165) is 31.5 Å². The highest BCUT2D eigenvalue weighted by Crippen LogP contribution is 2.39. The molecule has 192 valence electrons. The molecule has 2 N–H and O–H groups in total. The van der Waals surface area contributed by atoms with Gasteiger partial charge in [-0.1, -0.05) is 62.7 Å². The molecule has 0 unspecified atom stereocenters. The van der Waals surface area contributed by atoms with Crippen LogP contribution in [0.3, 0.4) is 0 Å². The quantitative estimate of drug-likeness (QED) is 0.219. The van der Waals surface area contributed by atoms with Crippen LogP contribution < -0.4 is 11.1 Å². The highest BCUT2D eigenvalue weighted by atomic mass is 16.5. The van der Waals surface area contributed by atoms with Crippen LogP contribution in [0.2, 0.25) is 0 Å². The Kier molecular flexibility index (Phi) is 9.64. The zero-order chi connectivity index (χ0) is 26.1. The standard InChI is InChI=1S/C28H35N3O5/c1-5-7-17-31(6-2)18-22(19(3)29-30-28(34)35-4)24(20-13-9-8-10-14-20)25-26(32)21-15-11-12-16-23(21)36-27(25)33/h8-16,22,24,32H,5-7,17-18H2,1-4H3,(H,30,34)/b29-19-/t22-,24-/m1/s1. The minimum Gasteiger partial charge on any atom is -0.507 e. The molecule has 1 heterocycles. The van der Waals surface area contributed by atoms with Crippen LogP contribution in [-0.2, 0) is 4.74 Å². The third-order valence-corrected chi connectivity index (χ3v) is 6.47. The maximum atomic E-state index is 13.4. The summed E-state index contributed by atoms with van der Waals surface area (Å²) in [5.74, 6) is -1.05. The molecule has 0 saturated carbocycles. The van der Waals surface area contributed by atoms with Crippen molar-refractivity contribution in [1.82, 2.24) is 10.3 Å². The van der Waals surface area contributed by atoms with Gasteiger partial charge in [-0.05, 0) is 44.1 Å². The Labute approximate surface area is 211 Å². The molecule has 3 rings (SSSR count). The summed E-state index contributed by atoms with van der Waals surface area (Å²) in [6, 6.07) is 16.5. The van der Waals surface area contributed by atoms with E-state index in [4.69, 9.17) is 4.42 Å². The SMILES string of the molecule is CCCCN(CC)C[C@H](/C(C)=N\NC(=O)OC)[C@@H](c1ccccc1)c1c(O)c2ccccc2oc1=O. The van der Waals surface area contributed by atoms with Crippen molar-refractivity contribution in [2.24, 2.45) is 11.0 Å². The van der Waals surface area contributed by atoms with Gasteiger partial charge in [0.25, 0.3) is 0 Å². The lowest BCUT2D eigenvalue weighted by atomic mass is 9.78. The number of hydrazone groups is 1. The number of hydrogen-bond donors (Lipinski definition) is 2. The number of para-hydroxylation sites is 1. The van der Waals surface area contributed by atoms with Crippen molar-refractivity contribution in [2.45, 2.75) is 39.5 Å². The van der Waals surface area contributed by atoms with Gasteiger partial charge in [0.2, 0.25) is 0 Å². The largest absolute Gasteiger partial charge is 0.507 e. The molecule has 0 saturated heterocycles. The Morgan fingerprint density at radius 1 is 1.14 bits per heavy atom. The van der Waals surface area contributed by atoms with Gasteiger partial charge in [0, 0.05) is 24.1 Å². The van der Waals surface area contributed by atoms with Crippen molar-refractivity contribution in [3.63, 3.8) is 0 Å². The third-order valence-electron chi connectivity index (χ3n) is 6.47. The van der Waals surface area contributed by atoms with Crippen LogP contribution in [0, 0.1) is 5.92 Å². The number of unbranched alkanes of at least 4 members (excludes halogenated alkanes) is 1. The molecule has 3 aromatic rings. The Bertz CT molecular complexity index is 1240. The van der Waals surface area contributed by atoms with Crippen LogP contribution in [0.15, 0.2) is 68.9 Å². The van der Waals surface area contributed by atoms with Crippen LogP contribution in [-0.4, -0.2) is 48.6 Å². The molecule has 0 bridgehead atoms. The summed E-state index contributed by atoms with van der Waals surface area (Å²) in [4.78, 5) is 27.4. The minimum atomic E-state index is -0.684. The summed E-state index contributed by atoms with van der Waals surface area (Å²) in [7, 11) is 1.27. The first kappa shape index (κ1) is 26.9. The van der Waals surface area contributed by atoms with Gasteiger partial charge < -0.3 is 19.2 Å². The van der Waals surface area contributed by atoms with Gasteiger partial charge in [0.1, 0.15) is 11.3 Å². The van der Waals surface area contributed by atoms with Gasteiger partial charge in [-0.15, -0.1) is 0 Å². The van der Waals surface area contributed by atoms with E-state index in [2.05, 4.69) is 34.0 Å². The van der Waals surface area contributed by atoms with Crippen molar-refractivity contribution in [1.29, 1.82) is 0 Å². The highest BCUT2D eigenvalue weighted by Gasteiger charge is 2.34. The predicted molar refractivity (Wildman–Crippen MR) is 142 cm³/mol. The number of rotatable bonds is 11. The average Bonchev–Trinajstić information content (AvgIpc) is 2.90. The van der Waals surface area contributed by atoms with Crippen LogP contribution in [0.1, 0.15) is 50.7 Å². The van der Waals surface area contributed by atoms with Crippen molar-refractivity contribution in [3.8, 4) is 5.75 Å². The topological polar surface area (TPSA) is 104 Å². The second-order valence-corrected chi connectivity index (χ2v) is 8.75. The van der Waals surface area contributed by atoms with Crippen molar-refractivity contribution >= 4 is 22.8 Å². The Morgan fingerprint density at radius 3 is 2.50 bits per heavy atom. The van der Waals surface area contributed by atoms with Crippen LogP contribution >= 0.6 is 0 Å². The summed E-state index contributed by atoms with van der Waals surface area (Å²) in [6.07, 6.45) is 1.39. The molecule has 36 heavy (non-hydrogen) atoms. The van der Waals surface area contributed by atoms with Crippen LogP contribution in [0.25, 0.3) is 11.0 Å². The lowest BCUT2D eigenvalue weighted by molar-refractivity contribution is 0.171. The van der Waals surface area contributed by atoms with Crippen LogP contribution in [0.5, 0.6) is 5.75 Å². The Hall–Kier alpha value is -3.65. The second kappa shape index (κ2) is 12.9. The number of fused-ring (bicyclic) bond motifs is 1. The fourth-order valence-corrected chi connectivity index (χ4v) is 4.46. The minimum absolute atomic E-state index is 0.106. The van der Waals surface area contributed by atoms with E-state index in [1.807, 2.05) is 37.3 Å². The molecule has 2 aromatic carbocycles. The number of nitrogens with zero attached hydrogens (tertiary/aromatic N) is 2. The fraction of sp³-hybridized carbons (Fsp3) is 0.393. The molecule has 0 fully saturated rings. The van der Waals surface area contributed by atoms with Gasteiger partial charge in [-0.2, -0.15) is 5.10 Å². The molecule has 1 aromatic heterocycles. The van der Waals surface area contributed by atoms with E-state index in [1.54, 1.807) is 24.3 Å². The van der Waals surface area contributed by atoms with E-state index in [1.165, 1.54) is 7.11 Å². The number of carbonyl (C=O) groups excluding carboxylic acids is 1. The molecule has 0 radical (unpaired) electrons. The van der Waals surface area contributed by atoms with E-state index >= 15 is 0 Å². The number of methoxy groups -OCH3 is 1. The molecule has 1 amide bonds. The summed E-state index contributed by atoms with van der Waals surface area (Å²) in [5, 5.41) is 16.2. The molecule has 2 atom stereocenters. The molecule has 0 spiro atoms. The second-order valence-electron chi connectivity index (χ2n) is 8.75. The number of aromatic hydroxyl groups is 1. The van der Waals surface area contributed by atoms with Crippen molar-refractivity contribution in [3.05, 3.63) is 76.1 Å². The maximum absolute atomic E-state index is 13.4. The summed E-state index contributed by atoms with van der Waals surface area (Å²) in [6.45, 7) is 8.27. The van der Waals surface area contributed by atoms with Crippen molar-refractivity contribution < 1.29 is 19.1 Å². The normalized spacial score (nSPS) is 13.5. The third kappa shape index (κ3) is 6.31. The molecule has 8 nitrogen and oxygen atoms in total. The van der Waals surface area contributed by atoms with E-state index < -0.39 is 17.6 Å². The summed E-state index contributed by atoms with van der Waals surface area (Å²) >= 11 is 0. The number of hydrogen-bond acceptors (Lipinski definition) is 7. The van der Waals surface area contributed by atoms with Gasteiger partial charge in [-0.25, -0.2) is 15.0 Å². The first-order valence-electron chi connectivity index (χ1n) is 12.3. The van der Waals surface area contributed by atoms with Gasteiger partial charge in [0.05, 0.1) is 18.1 Å². The number of carbonyl (C=O) groups is 1.